The molecule has 2 aromatic rings. The highest BCUT2D eigenvalue weighted by molar-refractivity contribution is 6.42. The summed E-state index contributed by atoms with van der Waals surface area (Å²) in [6.45, 7) is 0.349. The monoisotopic (exact) mass is 268 g/mol. The maximum absolute atomic E-state index is 6.02. The second-order valence-electron chi connectivity index (χ2n) is 3.33. The topological polar surface area (TPSA) is 48.1 Å². The fourth-order valence-electron chi connectivity index (χ4n) is 1.34. The van der Waals surface area contributed by atoms with Crippen LogP contribution in [0.1, 0.15) is 5.56 Å². The van der Waals surface area contributed by atoms with Gasteiger partial charge >= 0.3 is 0 Å². The molecule has 0 amide bonds. The van der Waals surface area contributed by atoms with Gasteiger partial charge in [-0.05, 0) is 18.2 Å². The Morgan fingerprint density at radius 3 is 2.76 bits per heavy atom. The molecule has 1 heterocycles. The van der Waals surface area contributed by atoms with Crippen LogP contribution in [-0.2, 0) is 6.54 Å². The van der Waals surface area contributed by atoms with Crippen LogP contribution < -0.4 is 10.5 Å². The fraction of sp³-hybridized carbons (Fsp3) is 0.0833. The minimum absolute atomic E-state index is 0.349. The van der Waals surface area contributed by atoms with E-state index in [1.54, 1.807) is 30.5 Å². The van der Waals surface area contributed by atoms with Crippen molar-refractivity contribution >= 4 is 23.2 Å². The van der Waals surface area contributed by atoms with Gasteiger partial charge in [-0.2, -0.15) is 0 Å². The van der Waals surface area contributed by atoms with Gasteiger partial charge in [0.15, 0.2) is 0 Å². The van der Waals surface area contributed by atoms with Gasteiger partial charge in [-0.1, -0.05) is 35.3 Å². The average Bonchev–Trinajstić information content (AvgIpc) is 2.35. The molecule has 3 nitrogen and oxygen atoms in total. The van der Waals surface area contributed by atoms with Crippen LogP contribution in [0.15, 0.2) is 36.5 Å². The van der Waals surface area contributed by atoms with E-state index >= 15 is 0 Å². The number of nitrogens with two attached hydrogens (primary N) is 1. The lowest BCUT2D eigenvalue weighted by Crippen LogP contribution is -2.00. The summed E-state index contributed by atoms with van der Waals surface area (Å²) < 4.78 is 5.60. The maximum atomic E-state index is 6.02. The number of rotatable bonds is 3. The van der Waals surface area contributed by atoms with Gasteiger partial charge in [0.25, 0.3) is 0 Å². The van der Waals surface area contributed by atoms with Gasteiger partial charge in [-0.15, -0.1) is 0 Å². The first-order valence-corrected chi connectivity index (χ1v) is 5.74. The van der Waals surface area contributed by atoms with Crippen LogP contribution in [0.25, 0.3) is 0 Å². The molecule has 0 saturated heterocycles. The number of hydrogen-bond acceptors (Lipinski definition) is 3. The summed E-state index contributed by atoms with van der Waals surface area (Å²) in [4.78, 5) is 4.11. The SMILES string of the molecule is NCc1cccnc1Oc1cccc(Cl)c1Cl. The highest BCUT2D eigenvalue weighted by Crippen LogP contribution is 2.34. The lowest BCUT2D eigenvalue weighted by molar-refractivity contribution is 0.456. The van der Waals surface area contributed by atoms with E-state index in [0.717, 1.165) is 5.56 Å². The first-order chi connectivity index (χ1) is 8.22. The molecule has 0 aliphatic carbocycles. The molecule has 0 radical (unpaired) electrons. The summed E-state index contributed by atoms with van der Waals surface area (Å²) in [5.41, 5.74) is 6.40. The van der Waals surface area contributed by atoms with Gasteiger partial charge in [-0.3, -0.25) is 0 Å². The van der Waals surface area contributed by atoms with E-state index in [4.69, 9.17) is 33.7 Å². The van der Waals surface area contributed by atoms with Gasteiger partial charge < -0.3 is 10.5 Å². The molecule has 0 bridgehead atoms. The Morgan fingerprint density at radius 1 is 1.18 bits per heavy atom. The zero-order chi connectivity index (χ0) is 12.3. The van der Waals surface area contributed by atoms with Crippen LogP contribution in [0.4, 0.5) is 0 Å². The third-order valence-electron chi connectivity index (χ3n) is 2.19. The number of aromatic nitrogens is 1. The lowest BCUT2D eigenvalue weighted by atomic mass is 10.3. The summed E-state index contributed by atoms with van der Waals surface area (Å²) in [5, 5.41) is 0.803. The van der Waals surface area contributed by atoms with Crippen LogP contribution in [0.2, 0.25) is 10.0 Å². The normalized spacial score (nSPS) is 10.3. The number of hydrogen-bond donors (Lipinski definition) is 1. The average molecular weight is 269 g/mol. The van der Waals surface area contributed by atoms with E-state index in [1.165, 1.54) is 0 Å². The molecule has 2 rings (SSSR count). The molecule has 0 unspecified atom stereocenters. The second-order valence-corrected chi connectivity index (χ2v) is 4.11. The summed E-state index contributed by atoms with van der Waals surface area (Å²) in [5.74, 6) is 0.909. The Labute approximate surface area is 109 Å². The smallest absolute Gasteiger partial charge is 0.223 e. The third kappa shape index (κ3) is 2.69. The number of pyridine rings is 1. The standard InChI is InChI=1S/C12H10Cl2N2O/c13-9-4-1-5-10(11(9)14)17-12-8(7-15)3-2-6-16-12/h1-6H,7,15H2. The first kappa shape index (κ1) is 12.2. The largest absolute Gasteiger partial charge is 0.437 e. The van der Waals surface area contributed by atoms with Crippen LogP contribution in [0.5, 0.6) is 11.6 Å². The number of nitrogens with zero attached hydrogens (tertiary/aromatic N) is 1. The van der Waals surface area contributed by atoms with Crippen LogP contribution >= 0.6 is 23.2 Å². The Hall–Kier alpha value is -1.29. The minimum atomic E-state index is 0.349. The number of benzene rings is 1. The van der Waals surface area contributed by atoms with Gasteiger partial charge in [0.2, 0.25) is 5.88 Å². The minimum Gasteiger partial charge on any atom is -0.437 e. The molecule has 2 N–H and O–H groups in total. The predicted molar refractivity (Wildman–Crippen MR) is 68.7 cm³/mol. The van der Waals surface area contributed by atoms with Crippen molar-refractivity contribution in [3.63, 3.8) is 0 Å². The Kier molecular flexibility index (Phi) is 3.84. The summed E-state index contributed by atoms with van der Waals surface area (Å²) in [6, 6.07) is 8.83. The van der Waals surface area contributed by atoms with Crippen molar-refractivity contribution in [2.24, 2.45) is 5.73 Å². The summed E-state index contributed by atoms with van der Waals surface area (Å²) in [7, 11) is 0. The van der Waals surface area contributed by atoms with Crippen molar-refractivity contribution in [1.82, 2.24) is 4.98 Å². The highest BCUT2D eigenvalue weighted by Gasteiger charge is 2.09. The molecule has 0 spiro atoms. The molecule has 0 atom stereocenters. The summed E-state index contributed by atoms with van der Waals surface area (Å²) >= 11 is 11.9. The molecule has 5 heteroatoms. The van der Waals surface area contributed by atoms with Gasteiger partial charge in [0, 0.05) is 18.3 Å². The zero-order valence-electron chi connectivity index (χ0n) is 8.86. The Bertz CT molecular complexity index is 532. The first-order valence-electron chi connectivity index (χ1n) is 4.98. The van der Waals surface area contributed by atoms with E-state index in [1.807, 2.05) is 6.07 Å². The van der Waals surface area contributed by atoms with Crippen molar-refractivity contribution in [3.05, 3.63) is 52.1 Å². The predicted octanol–water partition coefficient (Wildman–Crippen LogP) is 3.64. The maximum Gasteiger partial charge on any atom is 0.223 e. The second kappa shape index (κ2) is 5.36. The molecule has 1 aromatic carbocycles. The quantitative estimate of drug-likeness (QED) is 0.925. The van der Waals surface area contributed by atoms with Gasteiger partial charge in [0.1, 0.15) is 10.8 Å². The van der Waals surface area contributed by atoms with Crippen molar-refractivity contribution in [2.75, 3.05) is 0 Å². The third-order valence-corrected chi connectivity index (χ3v) is 2.99. The van der Waals surface area contributed by atoms with Crippen molar-refractivity contribution < 1.29 is 4.74 Å². The Morgan fingerprint density at radius 2 is 2.00 bits per heavy atom. The molecule has 1 aromatic heterocycles. The van der Waals surface area contributed by atoms with Crippen molar-refractivity contribution in [3.8, 4) is 11.6 Å². The fourth-order valence-corrected chi connectivity index (χ4v) is 1.67. The van der Waals surface area contributed by atoms with E-state index in [0.29, 0.717) is 28.2 Å². The van der Waals surface area contributed by atoms with Crippen LogP contribution in [0, 0.1) is 0 Å². The van der Waals surface area contributed by atoms with E-state index in [9.17, 15) is 0 Å². The summed E-state index contributed by atoms with van der Waals surface area (Å²) in [6.07, 6.45) is 1.63. The molecular formula is C12H10Cl2N2O. The van der Waals surface area contributed by atoms with Gasteiger partial charge in [0.05, 0.1) is 5.02 Å². The van der Waals surface area contributed by atoms with Crippen LogP contribution in [0.3, 0.4) is 0 Å². The molecular weight excluding hydrogens is 259 g/mol. The molecule has 0 fully saturated rings. The molecule has 0 aliphatic rings. The molecule has 0 aliphatic heterocycles. The molecule has 17 heavy (non-hydrogen) atoms. The lowest BCUT2D eigenvalue weighted by Gasteiger charge is -2.10. The van der Waals surface area contributed by atoms with Gasteiger partial charge in [-0.25, -0.2) is 4.98 Å². The van der Waals surface area contributed by atoms with E-state index in [-0.39, 0.29) is 0 Å². The number of ether oxygens (including phenoxy) is 1. The Balaban J connectivity index is 2.35. The van der Waals surface area contributed by atoms with E-state index < -0.39 is 0 Å². The van der Waals surface area contributed by atoms with Crippen molar-refractivity contribution in [2.45, 2.75) is 6.54 Å². The molecule has 88 valence electrons. The molecule has 0 saturated carbocycles. The van der Waals surface area contributed by atoms with Crippen LogP contribution in [-0.4, -0.2) is 4.98 Å². The van der Waals surface area contributed by atoms with E-state index in [2.05, 4.69) is 4.98 Å². The highest BCUT2D eigenvalue weighted by atomic mass is 35.5. The zero-order valence-corrected chi connectivity index (χ0v) is 10.4. The van der Waals surface area contributed by atoms with Crippen molar-refractivity contribution in [1.29, 1.82) is 0 Å². The number of halogens is 2.